The minimum atomic E-state index is -1.54. The van der Waals surface area contributed by atoms with Crippen molar-refractivity contribution < 1.29 is 42.9 Å². The average Bonchev–Trinajstić information content (AvgIpc) is 3.42. The number of hydrogen-bond acceptors (Lipinski definition) is 7. The second-order valence-electron chi connectivity index (χ2n) is 20.5. The van der Waals surface area contributed by atoms with E-state index in [1.807, 2.05) is 21.1 Å². The van der Waals surface area contributed by atoms with Gasteiger partial charge in [-0.15, -0.1) is 0 Å². The normalized spacial score (nSPS) is 14.0. The van der Waals surface area contributed by atoms with Crippen molar-refractivity contribution in [2.75, 3.05) is 47.5 Å². The van der Waals surface area contributed by atoms with Gasteiger partial charge in [-0.25, -0.2) is 4.79 Å². The molecule has 0 amide bonds. The van der Waals surface area contributed by atoms with Crippen molar-refractivity contribution in [1.82, 2.24) is 0 Å². The molecule has 0 saturated carbocycles. The zero-order valence-corrected chi connectivity index (χ0v) is 50.2. The highest BCUT2D eigenvalue weighted by molar-refractivity contribution is 5.71. The van der Waals surface area contributed by atoms with Gasteiger partial charge >= 0.3 is 17.9 Å². The Bertz CT molecular complexity index is 1900. The van der Waals surface area contributed by atoms with Crippen LogP contribution in [0.15, 0.2) is 170 Å². The van der Waals surface area contributed by atoms with Gasteiger partial charge in [0.2, 0.25) is 0 Å². The van der Waals surface area contributed by atoms with Crippen LogP contribution in [0.4, 0.5) is 0 Å². The predicted molar refractivity (Wildman–Crippen MR) is 336 cm³/mol. The Balaban J connectivity index is 4.34. The summed E-state index contributed by atoms with van der Waals surface area (Å²) in [7, 11) is 5.94. The lowest BCUT2D eigenvalue weighted by atomic mass is 10.1. The third-order valence-electron chi connectivity index (χ3n) is 12.0. The Labute approximate surface area is 482 Å². The van der Waals surface area contributed by atoms with Crippen molar-refractivity contribution in [1.29, 1.82) is 0 Å². The van der Waals surface area contributed by atoms with Crippen LogP contribution in [0.5, 0.6) is 0 Å². The minimum absolute atomic E-state index is 0.168. The van der Waals surface area contributed by atoms with Crippen molar-refractivity contribution in [2.45, 2.75) is 206 Å². The van der Waals surface area contributed by atoms with Crippen molar-refractivity contribution in [3.05, 3.63) is 170 Å². The highest BCUT2D eigenvalue weighted by atomic mass is 16.7. The van der Waals surface area contributed by atoms with Gasteiger partial charge in [-0.1, -0.05) is 223 Å². The molecule has 0 aliphatic carbocycles. The van der Waals surface area contributed by atoms with E-state index in [0.29, 0.717) is 23.9 Å². The van der Waals surface area contributed by atoms with Crippen LogP contribution >= 0.6 is 0 Å². The topological polar surface area (TPSA) is 108 Å². The van der Waals surface area contributed by atoms with Crippen LogP contribution < -0.4 is 0 Å². The number of nitrogens with zero attached hydrogens (tertiary/aromatic N) is 1. The van der Waals surface area contributed by atoms with Crippen LogP contribution in [0.3, 0.4) is 0 Å². The molecule has 0 aromatic carbocycles. The zero-order valence-electron chi connectivity index (χ0n) is 50.2. The summed E-state index contributed by atoms with van der Waals surface area (Å²) in [6, 6.07) is 0. The van der Waals surface area contributed by atoms with Gasteiger partial charge in [-0.3, -0.25) is 9.59 Å². The molecule has 0 spiro atoms. The number of carboxylic acid groups (broad SMARTS) is 1. The first-order valence-corrected chi connectivity index (χ1v) is 30.3. The molecule has 0 fully saturated rings. The number of unbranched alkanes of at least 4 members (excludes halogenated alkanes) is 10. The summed E-state index contributed by atoms with van der Waals surface area (Å²) < 4.78 is 22.8. The third-order valence-corrected chi connectivity index (χ3v) is 12.0. The van der Waals surface area contributed by atoms with Crippen LogP contribution in [0.1, 0.15) is 194 Å². The van der Waals surface area contributed by atoms with Crippen molar-refractivity contribution >= 4 is 17.9 Å². The molecule has 0 aromatic rings. The molecular formula is C70H110NO8+. The van der Waals surface area contributed by atoms with Gasteiger partial charge in [0.15, 0.2) is 6.10 Å². The van der Waals surface area contributed by atoms with E-state index in [-0.39, 0.29) is 32.7 Å². The molecule has 0 aromatic heterocycles. The molecule has 2 atom stereocenters. The molecule has 9 heteroatoms. The highest BCUT2D eigenvalue weighted by Crippen LogP contribution is 2.13. The van der Waals surface area contributed by atoms with Gasteiger partial charge < -0.3 is 28.5 Å². The van der Waals surface area contributed by atoms with E-state index in [4.69, 9.17) is 18.9 Å². The van der Waals surface area contributed by atoms with Gasteiger partial charge in [-0.2, -0.15) is 0 Å². The van der Waals surface area contributed by atoms with Crippen molar-refractivity contribution in [3.8, 4) is 0 Å². The Kier molecular flexibility index (Phi) is 54.8. The molecule has 0 aliphatic heterocycles. The van der Waals surface area contributed by atoms with Gasteiger partial charge in [0.05, 0.1) is 34.4 Å². The average molecular weight is 1090 g/mol. The Morgan fingerprint density at radius 3 is 1.04 bits per heavy atom. The molecule has 0 bridgehead atoms. The molecule has 1 N–H and O–H groups in total. The van der Waals surface area contributed by atoms with E-state index in [1.54, 1.807) is 0 Å². The molecule has 0 rings (SSSR count). The molecule has 0 radical (unpaired) electrons. The van der Waals surface area contributed by atoms with E-state index in [2.05, 4.69) is 184 Å². The van der Waals surface area contributed by atoms with Crippen molar-refractivity contribution in [3.63, 3.8) is 0 Å². The summed E-state index contributed by atoms with van der Waals surface area (Å²) in [5.41, 5.74) is 0. The van der Waals surface area contributed by atoms with E-state index in [1.165, 1.54) is 25.7 Å². The zero-order chi connectivity index (χ0) is 57.6. The molecule has 2 unspecified atom stereocenters. The summed E-state index contributed by atoms with van der Waals surface area (Å²) in [4.78, 5) is 37.5. The predicted octanol–water partition coefficient (Wildman–Crippen LogP) is 18.3. The first-order chi connectivity index (χ1) is 38.6. The SMILES string of the molecule is CC/C=C\C/C=C\C/C=C\C/C=C\C/C=C\C/C=C\C/C=C\C/C=C\CCCCCCCCCCC(=O)OC(COC(=O)CCCC/C=C\C/C=C\C/C=C\C/C=C\C/C=C\C/C=C\CC)COC(OCC[N+](C)(C)C)C(=O)O. The van der Waals surface area contributed by atoms with E-state index in [9.17, 15) is 19.5 Å². The Morgan fingerprint density at radius 2 is 0.684 bits per heavy atom. The van der Waals surface area contributed by atoms with Crippen LogP contribution in [0.25, 0.3) is 0 Å². The van der Waals surface area contributed by atoms with Crippen LogP contribution in [0.2, 0.25) is 0 Å². The highest BCUT2D eigenvalue weighted by Gasteiger charge is 2.25. The minimum Gasteiger partial charge on any atom is -0.477 e. The quantitative estimate of drug-likeness (QED) is 0.0211. The Hall–Kier alpha value is -5.35. The molecular weight excluding hydrogens is 983 g/mol. The van der Waals surface area contributed by atoms with Gasteiger partial charge in [0, 0.05) is 12.8 Å². The summed E-state index contributed by atoms with van der Waals surface area (Å²) in [5.74, 6) is -2.10. The van der Waals surface area contributed by atoms with Crippen molar-refractivity contribution in [2.24, 2.45) is 0 Å². The fourth-order valence-electron chi connectivity index (χ4n) is 7.38. The van der Waals surface area contributed by atoms with Crippen LogP contribution in [0, 0.1) is 0 Å². The largest absolute Gasteiger partial charge is 0.477 e. The number of hydrogen-bond donors (Lipinski definition) is 1. The fraction of sp³-hybridized carbons (Fsp3) is 0.557. The molecule has 79 heavy (non-hydrogen) atoms. The number of carbonyl (C=O) groups is 3. The summed E-state index contributed by atoms with van der Waals surface area (Å²) >= 11 is 0. The van der Waals surface area contributed by atoms with E-state index in [0.717, 1.165) is 128 Å². The fourth-order valence-corrected chi connectivity index (χ4v) is 7.38. The second kappa shape index (κ2) is 58.8. The maximum absolute atomic E-state index is 12.9. The number of rotatable bonds is 53. The number of esters is 2. The number of aliphatic carboxylic acids is 1. The lowest BCUT2D eigenvalue weighted by molar-refractivity contribution is -0.870. The molecule has 0 saturated heterocycles. The number of ether oxygens (including phenoxy) is 4. The smallest absolute Gasteiger partial charge is 0.361 e. The number of carboxylic acids is 1. The van der Waals surface area contributed by atoms with Gasteiger partial charge in [0.25, 0.3) is 6.29 Å². The molecule has 0 aliphatic rings. The Morgan fingerprint density at radius 1 is 0.380 bits per heavy atom. The maximum Gasteiger partial charge on any atom is 0.361 e. The van der Waals surface area contributed by atoms with E-state index >= 15 is 0 Å². The molecule has 9 nitrogen and oxygen atoms in total. The third kappa shape index (κ3) is 60.1. The number of allylic oxidation sites excluding steroid dienone is 28. The first-order valence-electron chi connectivity index (χ1n) is 30.3. The number of carbonyl (C=O) groups excluding carboxylic acids is 2. The number of quaternary nitrogens is 1. The summed E-state index contributed by atoms with van der Waals surface area (Å²) in [5, 5.41) is 9.71. The van der Waals surface area contributed by atoms with Gasteiger partial charge in [-0.05, 0) is 128 Å². The lowest BCUT2D eigenvalue weighted by Crippen LogP contribution is -2.40. The number of likely N-dealkylation sites (N-methyl/N-ethyl adjacent to an activating group) is 1. The first kappa shape index (κ1) is 73.7. The lowest BCUT2D eigenvalue weighted by Gasteiger charge is -2.25. The van der Waals surface area contributed by atoms with E-state index < -0.39 is 30.3 Å². The second-order valence-corrected chi connectivity index (χ2v) is 20.5. The summed E-state index contributed by atoms with van der Waals surface area (Å²) in [6.07, 6.45) is 85.8. The monoisotopic (exact) mass is 1090 g/mol. The molecule has 442 valence electrons. The maximum atomic E-state index is 12.9. The standard InChI is InChI=1S/C70H109NO8/c1-6-8-10-12-14-16-18-20-22-24-26-28-29-30-31-32-33-34-35-36-37-38-39-41-43-45-47-49-51-53-55-57-59-61-68(73)79-66(65-78-70(69(74)75)76-63-62-71(3,4)5)64-77-67(72)60-58-56-54-52-50-48-46-44-42-40-27-25-23-21-19-17-15-13-11-9-7-2/h8-11,14-17,20-23,26-28,30-31,33-34,36-37,39-41,44,46,50,52,66,70H,6-7,12-13,18-19,24-25,29,32,35,38,42-43,45,47-49,51,53-65H2,1-5H3/p+1/b10-8-,11-9-,16-14-,17-15-,22-20-,23-21-,28-26-,31-30-,34-33-,37-36-,40-27-,41-39-,46-44-,52-50-. The molecule has 0 heterocycles. The van der Waals surface area contributed by atoms with Crippen LogP contribution in [-0.4, -0.2) is 87.4 Å². The summed E-state index contributed by atoms with van der Waals surface area (Å²) in [6.45, 7) is 4.55. The van der Waals surface area contributed by atoms with Gasteiger partial charge in [0.1, 0.15) is 13.2 Å². The van der Waals surface area contributed by atoms with Crippen LogP contribution in [-0.2, 0) is 33.3 Å².